The van der Waals surface area contributed by atoms with Crippen molar-refractivity contribution in [3.8, 4) is 0 Å². The molecule has 2 rings (SSSR count). The van der Waals surface area contributed by atoms with E-state index >= 15 is 0 Å². The smallest absolute Gasteiger partial charge is 0.362 e. The highest BCUT2D eigenvalue weighted by Crippen LogP contribution is 2.36. The lowest BCUT2D eigenvalue weighted by molar-refractivity contribution is -0.384. The molecule has 0 bridgehead atoms. The third-order valence-electron chi connectivity index (χ3n) is 4.21. The molecule has 0 radical (unpaired) electrons. The van der Waals surface area contributed by atoms with Gasteiger partial charge in [-0.1, -0.05) is 13.3 Å². The average molecular weight is 374 g/mol. The molecular formula is C16H21F3N4O3. The molecule has 0 saturated carbocycles. The van der Waals surface area contributed by atoms with Crippen LogP contribution in [0.2, 0.25) is 0 Å². The molecule has 1 N–H and O–H groups in total. The number of unbranched alkanes of at least 4 members (excludes halogenated alkanes) is 1. The summed E-state index contributed by atoms with van der Waals surface area (Å²) in [5.74, 6) is 0. The number of nitro groups is 1. The zero-order valence-corrected chi connectivity index (χ0v) is 14.4. The van der Waals surface area contributed by atoms with Gasteiger partial charge in [0.1, 0.15) is 5.69 Å². The predicted octanol–water partition coefficient (Wildman–Crippen LogP) is 3.25. The summed E-state index contributed by atoms with van der Waals surface area (Å²) < 4.78 is 38.4. The van der Waals surface area contributed by atoms with Crippen LogP contribution in [0.1, 0.15) is 25.3 Å². The summed E-state index contributed by atoms with van der Waals surface area (Å²) in [5.41, 5.74) is -1.50. The summed E-state index contributed by atoms with van der Waals surface area (Å²) in [6.45, 7) is 3.91. The van der Waals surface area contributed by atoms with Crippen LogP contribution in [0.25, 0.3) is 0 Å². The summed E-state index contributed by atoms with van der Waals surface area (Å²) in [5, 5.41) is 14.0. The molecule has 0 aliphatic carbocycles. The van der Waals surface area contributed by atoms with Crippen molar-refractivity contribution in [1.82, 2.24) is 10.2 Å². The van der Waals surface area contributed by atoms with Crippen molar-refractivity contribution < 1.29 is 22.9 Å². The average Bonchev–Trinajstić information content (AvgIpc) is 2.60. The van der Waals surface area contributed by atoms with Gasteiger partial charge >= 0.3 is 12.2 Å². The van der Waals surface area contributed by atoms with E-state index in [9.17, 15) is 28.1 Å². The number of carbonyl (C=O) groups is 1. The summed E-state index contributed by atoms with van der Waals surface area (Å²) in [4.78, 5) is 25.6. The van der Waals surface area contributed by atoms with E-state index in [4.69, 9.17) is 0 Å². The molecule has 1 fully saturated rings. The predicted molar refractivity (Wildman–Crippen MR) is 90.2 cm³/mol. The first-order valence-electron chi connectivity index (χ1n) is 8.37. The Balaban J connectivity index is 2.07. The number of benzene rings is 1. The van der Waals surface area contributed by atoms with Crippen LogP contribution >= 0.6 is 0 Å². The Morgan fingerprint density at radius 3 is 2.46 bits per heavy atom. The van der Waals surface area contributed by atoms with Gasteiger partial charge in [-0.2, -0.15) is 13.2 Å². The fourth-order valence-electron chi connectivity index (χ4n) is 2.75. The van der Waals surface area contributed by atoms with E-state index in [0.29, 0.717) is 38.8 Å². The Morgan fingerprint density at radius 2 is 1.92 bits per heavy atom. The zero-order valence-electron chi connectivity index (χ0n) is 14.4. The van der Waals surface area contributed by atoms with Crippen molar-refractivity contribution >= 4 is 17.4 Å². The normalized spacial score (nSPS) is 15.1. The molecule has 1 aliphatic rings. The lowest BCUT2D eigenvalue weighted by Gasteiger charge is -2.35. The Kier molecular flexibility index (Phi) is 6.27. The van der Waals surface area contributed by atoms with Gasteiger partial charge in [0.2, 0.25) is 0 Å². The molecule has 1 heterocycles. The Bertz CT molecular complexity index is 659. The van der Waals surface area contributed by atoms with Crippen molar-refractivity contribution in [2.24, 2.45) is 0 Å². The van der Waals surface area contributed by atoms with Crippen LogP contribution in [0.5, 0.6) is 0 Å². The van der Waals surface area contributed by atoms with Gasteiger partial charge in [-0.25, -0.2) is 4.79 Å². The summed E-state index contributed by atoms with van der Waals surface area (Å²) in [6.07, 6.45) is -2.80. The number of rotatable bonds is 5. The van der Waals surface area contributed by atoms with Crippen molar-refractivity contribution in [1.29, 1.82) is 0 Å². The van der Waals surface area contributed by atoms with Crippen molar-refractivity contribution in [3.63, 3.8) is 0 Å². The number of alkyl halides is 3. The number of halogens is 3. The van der Waals surface area contributed by atoms with E-state index in [1.807, 2.05) is 6.92 Å². The van der Waals surface area contributed by atoms with Gasteiger partial charge < -0.3 is 15.1 Å². The zero-order chi connectivity index (χ0) is 19.3. The van der Waals surface area contributed by atoms with Gasteiger partial charge in [-0.15, -0.1) is 0 Å². The molecule has 7 nitrogen and oxygen atoms in total. The molecule has 26 heavy (non-hydrogen) atoms. The molecule has 1 aliphatic heterocycles. The number of hydrogen-bond donors (Lipinski definition) is 1. The third-order valence-corrected chi connectivity index (χ3v) is 4.21. The topological polar surface area (TPSA) is 78.7 Å². The van der Waals surface area contributed by atoms with Gasteiger partial charge in [-0.3, -0.25) is 10.1 Å². The summed E-state index contributed by atoms with van der Waals surface area (Å²) in [6, 6.07) is 2.32. The van der Waals surface area contributed by atoms with Crippen molar-refractivity contribution in [2.75, 3.05) is 37.6 Å². The van der Waals surface area contributed by atoms with Crippen LogP contribution in [0.15, 0.2) is 18.2 Å². The maximum atomic E-state index is 12.8. The molecule has 1 aromatic rings. The molecular weight excluding hydrogens is 353 g/mol. The maximum absolute atomic E-state index is 12.8. The van der Waals surface area contributed by atoms with E-state index in [1.54, 1.807) is 9.80 Å². The summed E-state index contributed by atoms with van der Waals surface area (Å²) in [7, 11) is 0. The van der Waals surface area contributed by atoms with Crippen LogP contribution in [0.4, 0.5) is 29.3 Å². The molecule has 10 heteroatoms. The van der Waals surface area contributed by atoms with Gasteiger partial charge in [0.25, 0.3) is 5.69 Å². The first-order chi connectivity index (χ1) is 12.2. The minimum Gasteiger partial charge on any atom is -0.362 e. The molecule has 144 valence electrons. The fraction of sp³-hybridized carbons (Fsp3) is 0.562. The summed E-state index contributed by atoms with van der Waals surface area (Å²) >= 11 is 0. The van der Waals surface area contributed by atoms with E-state index in [0.717, 1.165) is 25.0 Å². The standard InChI is InChI=1S/C16H21F3N4O3/c1-2-3-6-20-15(24)22-9-7-21(8-10-22)13-5-4-12(16(17,18)19)11-14(13)23(25)26/h4-5,11H,2-3,6-10H2,1H3,(H,20,24). The van der Waals surface area contributed by atoms with Gasteiger partial charge in [0.05, 0.1) is 10.5 Å². The highest BCUT2D eigenvalue weighted by molar-refractivity contribution is 5.74. The monoisotopic (exact) mass is 374 g/mol. The minimum absolute atomic E-state index is 0.133. The van der Waals surface area contributed by atoms with Crippen LogP contribution in [-0.2, 0) is 6.18 Å². The number of piperazine rings is 1. The second kappa shape index (κ2) is 8.24. The van der Waals surface area contributed by atoms with Gasteiger partial charge in [0, 0.05) is 38.8 Å². The van der Waals surface area contributed by atoms with Crippen molar-refractivity contribution in [2.45, 2.75) is 25.9 Å². The third kappa shape index (κ3) is 4.77. The molecule has 1 saturated heterocycles. The van der Waals surface area contributed by atoms with Crippen LogP contribution in [0.3, 0.4) is 0 Å². The van der Waals surface area contributed by atoms with E-state index in [1.165, 1.54) is 0 Å². The number of nitro benzene ring substituents is 1. The SMILES string of the molecule is CCCCNC(=O)N1CCN(c2ccc(C(F)(F)F)cc2[N+](=O)[O-])CC1. The number of nitrogens with zero attached hydrogens (tertiary/aromatic N) is 3. The highest BCUT2D eigenvalue weighted by Gasteiger charge is 2.34. The molecule has 2 amide bonds. The quantitative estimate of drug-likeness (QED) is 0.488. The maximum Gasteiger partial charge on any atom is 0.416 e. The van der Waals surface area contributed by atoms with Gasteiger partial charge in [-0.05, 0) is 18.6 Å². The second-order valence-corrected chi connectivity index (χ2v) is 6.02. The molecule has 0 unspecified atom stereocenters. The number of anilines is 1. The minimum atomic E-state index is -4.64. The van der Waals surface area contributed by atoms with Gasteiger partial charge in [0.15, 0.2) is 0 Å². The number of urea groups is 1. The Labute approximate surface area is 148 Å². The van der Waals surface area contributed by atoms with Crippen molar-refractivity contribution in [3.05, 3.63) is 33.9 Å². The molecule has 1 aromatic carbocycles. The Morgan fingerprint density at radius 1 is 1.27 bits per heavy atom. The molecule has 0 spiro atoms. The molecule has 0 atom stereocenters. The first-order valence-corrected chi connectivity index (χ1v) is 8.37. The van der Waals surface area contributed by atoms with E-state index < -0.39 is 22.4 Å². The largest absolute Gasteiger partial charge is 0.416 e. The number of carbonyl (C=O) groups excluding carboxylic acids is 1. The van der Waals surface area contributed by atoms with Crippen LogP contribution in [0, 0.1) is 10.1 Å². The Hall–Kier alpha value is -2.52. The van der Waals surface area contributed by atoms with E-state index in [-0.39, 0.29) is 11.7 Å². The van der Waals surface area contributed by atoms with Crippen LogP contribution < -0.4 is 10.2 Å². The lowest BCUT2D eigenvalue weighted by atomic mass is 10.1. The first kappa shape index (κ1) is 19.8. The fourth-order valence-corrected chi connectivity index (χ4v) is 2.75. The second-order valence-electron chi connectivity index (χ2n) is 6.02. The van der Waals surface area contributed by atoms with Crippen LogP contribution in [-0.4, -0.2) is 48.6 Å². The number of nitrogens with one attached hydrogen (secondary N) is 1. The lowest BCUT2D eigenvalue weighted by Crippen LogP contribution is -2.52. The number of amides is 2. The highest BCUT2D eigenvalue weighted by atomic mass is 19.4. The van der Waals surface area contributed by atoms with E-state index in [2.05, 4.69) is 5.32 Å². The molecule has 0 aromatic heterocycles. The number of hydrogen-bond acceptors (Lipinski definition) is 4.